The van der Waals surface area contributed by atoms with Crippen molar-refractivity contribution < 1.29 is 19.1 Å². The van der Waals surface area contributed by atoms with Crippen LogP contribution in [0.15, 0.2) is 70.4 Å². The first-order valence-corrected chi connectivity index (χ1v) is 11.2. The number of nitrogens with zero attached hydrogens (tertiary/aromatic N) is 3. The predicted molar refractivity (Wildman–Crippen MR) is 127 cm³/mol. The van der Waals surface area contributed by atoms with Crippen molar-refractivity contribution in [2.24, 2.45) is 10.9 Å². The van der Waals surface area contributed by atoms with Gasteiger partial charge in [0.1, 0.15) is 10.9 Å². The molecule has 0 N–H and O–H groups in total. The highest BCUT2D eigenvalue weighted by Crippen LogP contribution is 2.41. The Bertz CT molecular complexity index is 1260. The summed E-state index contributed by atoms with van der Waals surface area (Å²) in [6, 6.07) is 11.5. The number of pyridine rings is 1. The maximum Gasteiger partial charge on any atom is 0.336 e. The van der Waals surface area contributed by atoms with Crippen LogP contribution in [0.25, 0.3) is 21.8 Å². The van der Waals surface area contributed by atoms with E-state index in [1.165, 1.54) is 25.6 Å². The summed E-state index contributed by atoms with van der Waals surface area (Å²) in [6.07, 6.45) is 3.50. The average molecular weight is 462 g/mol. The molecule has 0 fully saturated rings. The molecule has 0 saturated carbocycles. The number of rotatable bonds is 5. The fraction of sp³-hybridized carbons (Fsp3) is 0.240. The Labute approximate surface area is 195 Å². The average Bonchev–Trinajstić information content (AvgIpc) is 3.34. The van der Waals surface area contributed by atoms with E-state index in [0.717, 1.165) is 27.4 Å². The van der Waals surface area contributed by atoms with Crippen LogP contribution in [0.2, 0.25) is 0 Å². The van der Waals surface area contributed by atoms with Crippen molar-refractivity contribution in [3.05, 3.63) is 71.0 Å². The Kier molecular flexibility index (Phi) is 6.46. The standard InChI is InChI=1S/C25H23N3O4S/c1-14-20(24(29)31-3)22(21(15(2)27-14)25(30)32-4)16-7-5-8-17(11-16)23-28-19(13-33-23)18-9-6-10-26-12-18/h5-13,20,22H,1-4H3. The van der Waals surface area contributed by atoms with E-state index in [1.54, 1.807) is 26.2 Å². The number of aromatic nitrogens is 2. The van der Waals surface area contributed by atoms with Crippen molar-refractivity contribution in [2.75, 3.05) is 14.2 Å². The number of ether oxygens (including phenoxy) is 2. The van der Waals surface area contributed by atoms with Gasteiger partial charge >= 0.3 is 11.9 Å². The maximum absolute atomic E-state index is 12.7. The number of benzene rings is 1. The van der Waals surface area contributed by atoms with Crippen molar-refractivity contribution in [1.29, 1.82) is 0 Å². The number of esters is 2. The second-order valence-electron chi connectivity index (χ2n) is 7.63. The largest absolute Gasteiger partial charge is 0.468 e. The molecule has 3 heterocycles. The van der Waals surface area contributed by atoms with Gasteiger partial charge < -0.3 is 9.47 Å². The minimum atomic E-state index is -0.731. The van der Waals surface area contributed by atoms with Crippen LogP contribution in [-0.2, 0) is 19.1 Å². The highest BCUT2D eigenvalue weighted by atomic mass is 32.1. The lowest BCUT2D eigenvalue weighted by molar-refractivity contribution is -0.143. The van der Waals surface area contributed by atoms with Gasteiger partial charge in [-0.15, -0.1) is 11.3 Å². The van der Waals surface area contributed by atoms with Crippen molar-refractivity contribution in [2.45, 2.75) is 19.8 Å². The van der Waals surface area contributed by atoms with Gasteiger partial charge in [-0.05, 0) is 37.6 Å². The van der Waals surface area contributed by atoms with E-state index in [2.05, 4.69) is 9.98 Å². The lowest BCUT2D eigenvalue weighted by atomic mass is 9.75. The van der Waals surface area contributed by atoms with Crippen molar-refractivity contribution >= 4 is 29.0 Å². The third kappa shape index (κ3) is 4.34. The summed E-state index contributed by atoms with van der Waals surface area (Å²) in [5.41, 5.74) is 4.93. The molecule has 8 heteroatoms. The SMILES string of the molecule is COC(=O)C1=C(C)N=C(C)C(C(=O)OC)C1c1cccc(-c2nc(-c3cccnc3)cs2)c1. The van der Waals surface area contributed by atoms with Gasteiger partial charge in [0.15, 0.2) is 0 Å². The highest BCUT2D eigenvalue weighted by Gasteiger charge is 2.42. The molecule has 1 aliphatic rings. The molecule has 1 aromatic carbocycles. The lowest BCUT2D eigenvalue weighted by Crippen LogP contribution is -2.36. The first kappa shape index (κ1) is 22.5. The fourth-order valence-corrected chi connectivity index (χ4v) is 4.95. The van der Waals surface area contributed by atoms with E-state index >= 15 is 0 Å². The van der Waals surface area contributed by atoms with E-state index in [-0.39, 0.29) is 0 Å². The third-order valence-electron chi connectivity index (χ3n) is 5.64. The Morgan fingerprint density at radius 2 is 1.82 bits per heavy atom. The van der Waals surface area contributed by atoms with E-state index in [4.69, 9.17) is 14.5 Å². The number of hydrogen-bond donors (Lipinski definition) is 0. The monoisotopic (exact) mass is 461 g/mol. The van der Waals surface area contributed by atoms with E-state index in [1.807, 2.05) is 41.8 Å². The summed E-state index contributed by atoms with van der Waals surface area (Å²) in [6.45, 7) is 3.53. The summed E-state index contributed by atoms with van der Waals surface area (Å²) in [4.78, 5) is 38.8. The highest BCUT2D eigenvalue weighted by molar-refractivity contribution is 7.13. The second kappa shape index (κ2) is 9.46. The number of thiazole rings is 1. The van der Waals surface area contributed by atoms with Crippen LogP contribution in [0.4, 0.5) is 0 Å². The van der Waals surface area contributed by atoms with Gasteiger partial charge in [0.25, 0.3) is 0 Å². The molecule has 0 aliphatic carbocycles. The Morgan fingerprint density at radius 3 is 2.52 bits per heavy atom. The molecule has 1 aliphatic heterocycles. The molecule has 33 heavy (non-hydrogen) atoms. The van der Waals surface area contributed by atoms with E-state index < -0.39 is 23.8 Å². The Balaban J connectivity index is 1.79. The summed E-state index contributed by atoms with van der Waals surface area (Å²) in [5, 5.41) is 2.81. The molecule has 168 valence electrons. The topological polar surface area (TPSA) is 90.7 Å². The number of carbonyl (C=O) groups excluding carboxylic acids is 2. The minimum absolute atomic E-state index is 0.353. The summed E-state index contributed by atoms with van der Waals surface area (Å²) in [5.74, 6) is -2.28. The molecule has 0 bridgehead atoms. The van der Waals surface area contributed by atoms with Crippen molar-refractivity contribution in [3.8, 4) is 21.8 Å². The van der Waals surface area contributed by atoms with Gasteiger partial charge in [0, 0.05) is 46.2 Å². The Hall–Kier alpha value is -3.65. The van der Waals surface area contributed by atoms with E-state index in [9.17, 15) is 9.59 Å². The number of carbonyl (C=O) groups is 2. The van der Waals surface area contributed by atoms with Crippen molar-refractivity contribution in [1.82, 2.24) is 9.97 Å². The van der Waals surface area contributed by atoms with Crippen LogP contribution in [0.5, 0.6) is 0 Å². The van der Waals surface area contributed by atoms with Gasteiger partial charge in [0.2, 0.25) is 0 Å². The van der Waals surface area contributed by atoms with Crippen LogP contribution in [0.1, 0.15) is 25.3 Å². The van der Waals surface area contributed by atoms with Gasteiger partial charge in [-0.1, -0.05) is 18.2 Å². The number of hydrogen-bond acceptors (Lipinski definition) is 8. The second-order valence-corrected chi connectivity index (χ2v) is 8.49. The molecule has 0 spiro atoms. The lowest BCUT2D eigenvalue weighted by Gasteiger charge is -2.31. The zero-order chi connectivity index (χ0) is 23.5. The molecule has 2 atom stereocenters. The first-order valence-electron chi connectivity index (χ1n) is 10.3. The van der Waals surface area contributed by atoms with Gasteiger partial charge in [-0.2, -0.15) is 0 Å². The summed E-state index contributed by atoms with van der Waals surface area (Å²) in [7, 11) is 2.66. The van der Waals surface area contributed by atoms with Gasteiger partial charge in [-0.3, -0.25) is 14.8 Å². The third-order valence-corrected chi connectivity index (χ3v) is 6.53. The zero-order valence-corrected chi connectivity index (χ0v) is 19.6. The molecule has 7 nitrogen and oxygen atoms in total. The quantitative estimate of drug-likeness (QED) is 0.513. The molecule has 2 aromatic heterocycles. The first-order chi connectivity index (χ1) is 15.9. The minimum Gasteiger partial charge on any atom is -0.468 e. The number of aliphatic imine (C=N–C) groups is 1. The molecule has 0 radical (unpaired) electrons. The zero-order valence-electron chi connectivity index (χ0n) is 18.7. The number of allylic oxidation sites excluding steroid dienone is 1. The van der Waals surface area contributed by atoms with E-state index in [0.29, 0.717) is 17.0 Å². The van der Waals surface area contributed by atoms with Crippen molar-refractivity contribution in [3.63, 3.8) is 0 Å². The number of methoxy groups -OCH3 is 2. The molecule has 0 saturated heterocycles. The van der Waals surface area contributed by atoms with Crippen LogP contribution in [0.3, 0.4) is 0 Å². The molecule has 2 unspecified atom stereocenters. The normalized spacial score (nSPS) is 18.0. The molecule has 3 aromatic rings. The van der Waals surface area contributed by atoms with Crippen LogP contribution in [0, 0.1) is 5.92 Å². The summed E-state index contributed by atoms with van der Waals surface area (Å²) >= 11 is 1.52. The van der Waals surface area contributed by atoms with Crippen LogP contribution >= 0.6 is 11.3 Å². The maximum atomic E-state index is 12.7. The molecular formula is C25H23N3O4S. The van der Waals surface area contributed by atoms with Crippen LogP contribution < -0.4 is 0 Å². The van der Waals surface area contributed by atoms with Gasteiger partial charge in [-0.25, -0.2) is 9.78 Å². The van der Waals surface area contributed by atoms with Crippen LogP contribution in [-0.4, -0.2) is 41.8 Å². The molecule has 0 amide bonds. The summed E-state index contributed by atoms with van der Waals surface area (Å²) < 4.78 is 10.1. The van der Waals surface area contributed by atoms with Gasteiger partial charge in [0.05, 0.1) is 25.5 Å². The predicted octanol–water partition coefficient (Wildman–Crippen LogP) is 4.67. The molecular weight excluding hydrogens is 438 g/mol. The molecule has 4 rings (SSSR count). The smallest absolute Gasteiger partial charge is 0.336 e. The fourth-order valence-electron chi connectivity index (χ4n) is 4.12. The Morgan fingerprint density at radius 1 is 1.03 bits per heavy atom.